The Labute approximate surface area is 218 Å². The fourth-order valence-electron chi connectivity index (χ4n) is 5.23. The number of nitrogens with one attached hydrogen (secondary N) is 2. The van der Waals surface area contributed by atoms with Gasteiger partial charge in [-0.15, -0.1) is 0 Å². The third kappa shape index (κ3) is 5.02. The second kappa shape index (κ2) is 9.86. The summed E-state index contributed by atoms with van der Waals surface area (Å²) >= 11 is 0. The molecule has 0 spiro atoms. The molecule has 2 atom stereocenters. The summed E-state index contributed by atoms with van der Waals surface area (Å²) in [7, 11) is 0. The van der Waals surface area contributed by atoms with Crippen molar-refractivity contribution in [3.05, 3.63) is 66.1 Å². The van der Waals surface area contributed by atoms with Crippen molar-refractivity contribution in [2.75, 3.05) is 19.6 Å². The predicted octanol–water partition coefficient (Wildman–Crippen LogP) is 3.05. The lowest BCUT2D eigenvalue weighted by Gasteiger charge is -2.38. The number of likely N-dealkylation sites (tertiary alicyclic amines) is 1. The average molecular weight is 523 g/mol. The van der Waals surface area contributed by atoms with Crippen LogP contribution in [0.15, 0.2) is 47.4 Å². The number of amides is 2. The van der Waals surface area contributed by atoms with Gasteiger partial charge in [-0.25, -0.2) is 18.7 Å². The first-order valence-corrected chi connectivity index (χ1v) is 12.9. The molecule has 3 aliphatic rings. The van der Waals surface area contributed by atoms with E-state index in [9.17, 15) is 18.4 Å². The summed E-state index contributed by atoms with van der Waals surface area (Å²) in [6.07, 6.45) is 8.97. The number of hydrogen-bond donors (Lipinski definition) is 2. The van der Waals surface area contributed by atoms with E-state index in [1.54, 1.807) is 18.5 Å². The molecule has 2 amide bonds. The molecule has 198 valence electrons. The fourth-order valence-corrected chi connectivity index (χ4v) is 5.23. The lowest BCUT2D eigenvalue weighted by Crippen LogP contribution is -2.57. The van der Waals surface area contributed by atoms with Gasteiger partial charge < -0.3 is 20.1 Å². The van der Waals surface area contributed by atoms with Crippen LogP contribution in [0.2, 0.25) is 0 Å². The molecule has 0 radical (unpaired) electrons. The number of nitrogens with zero attached hydrogens (tertiary/aromatic N) is 4. The van der Waals surface area contributed by atoms with Crippen LogP contribution in [0.4, 0.5) is 8.78 Å². The van der Waals surface area contributed by atoms with Crippen molar-refractivity contribution in [2.24, 2.45) is 11.8 Å². The Balaban J connectivity index is 1.21. The Morgan fingerprint density at radius 2 is 1.89 bits per heavy atom. The molecule has 1 aromatic carbocycles. The molecular formula is C27H28F2N6O3. The first-order valence-electron chi connectivity index (χ1n) is 12.9. The zero-order valence-corrected chi connectivity index (χ0v) is 20.7. The average Bonchev–Trinajstić information content (AvgIpc) is 3.84. The van der Waals surface area contributed by atoms with Gasteiger partial charge >= 0.3 is 0 Å². The Morgan fingerprint density at radius 3 is 2.61 bits per heavy atom. The van der Waals surface area contributed by atoms with Crippen LogP contribution in [0.5, 0.6) is 0 Å². The van der Waals surface area contributed by atoms with Crippen LogP contribution in [0.25, 0.3) is 11.1 Å². The molecule has 1 saturated heterocycles. The second-order valence-corrected chi connectivity index (χ2v) is 10.5. The molecule has 3 aromatic rings. The number of carbonyl (C=O) groups excluding carboxylic acids is 2. The van der Waals surface area contributed by atoms with Gasteiger partial charge in [-0.1, -0.05) is 5.16 Å². The van der Waals surface area contributed by atoms with Crippen molar-refractivity contribution in [3.8, 4) is 11.1 Å². The van der Waals surface area contributed by atoms with Gasteiger partial charge in [-0.05, 0) is 56.2 Å². The van der Waals surface area contributed by atoms with E-state index in [2.05, 4.69) is 30.7 Å². The summed E-state index contributed by atoms with van der Waals surface area (Å²) in [6.45, 7) is 2.20. The number of hydrogen-bond acceptors (Lipinski definition) is 7. The SMILES string of the molecule is O=C(N[C@H]1CCN(CC2CC2)C[C@@H]1C(=O)NC1(c2ncccn2)CC1)c1nocc1-c1ccc(F)cc1F. The smallest absolute Gasteiger partial charge is 0.274 e. The summed E-state index contributed by atoms with van der Waals surface area (Å²) in [5, 5.41) is 9.91. The highest BCUT2D eigenvalue weighted by atomic mass is 19.1. The number of aromatic nitrogens is 3. The molecule has 1 aliphatic heterocycles. The van der Waals surface area contributed by atoms with E-state index in [1.165, 1.54) is 18.9 Å². The minimum Gasteiger partial charge on any atom is -0.363 e. The molecule has 2 saturated carbocycles. The summed E-state index contributed by atoms with van der Waals surface area (Å²) in [5.74, 6) is -1.55. The molecule has 2 aromatic heterocycles. The third-order valence-electron chi connectivity index (χ3n) is 7.68. The van der Waals surface area contributed by atoms with Crippen molar-refractivity contribution in [1.29, 1.82) is 0 Å². The molecule has 2 aliphatic carbocycles. The quantitative estimate of drug-likeness (QED) is 0.468. The first kappa shape index (κ1) is 24.6. The molecule has 11 heteroatoms. The van der Waals surface area contributed by atoms with Gasteiger partial charge in [0, 0.05) is 49.7 Å². The Kier molecular flexibility index (Phi) is 6.38. The highest BCUT2D eigenvalue weighted by Gasteiger charge is 2.50. The zero-order valence-electron chi connectivity index (χ0n) is 20.7. The topological polar surface area (TPSA) is 113 Å². The molecule has 38 heavy (non-hydrogen) atoms. The van der Waals surface area contributed by atoms with E-state index >= 15 is 0 Å². The van der Waals surface area contributed by atoms with Gasteiger partial charge in [0.05, 0.1) is 17.0 Å². The lowest BCUT2D eigenvalue weighted by atomic mass is 9.90. The Bertz CT molecular complexity index is 1340. The van der Waals surface area contributed by atoms with Crippen LogP contribution in [-0.2, 0) is 10.3 Å². The van der Waals surface area contributed by atoms with E-state index in [1.807, 2.05) is 0 Å². The van der Waals surface area contributed by atoms with E-state index < -0.39 is 35.0 Å². The minimum atomic E-state index is -0.828. The van der Waals surface area contributed by atoms with Crippen LogP contribution in [-0.4, -0.2) is 57.5 Å². The van der Waals surface area contributed by atoms with Crippen molar-refractivity contribution in [3.63, 3.8) is 0 Å². The van der Waals surface area contributed by atoms with Crippen molar-refractivity contribution in [1.82, 2.24) is 30.7 Å². The summed E-state index contributed by atoms with van der Waals surface area (Å²) in [4.78, 5) is 37.9. The summed E-state index contributed by atoms with van der Waals surface area (Å²) < 4.78 is 32.8. The van der Waals surface area contributed by atoms with Crippen LogP contribution < -0.4 is 10.6 Å². The lowest BCUT2D eigenvalue weighted by molar-refractivity contribution is -0.128. The molecular weight excluding hydrogens is 494 g/mol. The molecule has 6 rings (SSSR count). The standard InChI is InChI=1S/C27H28F2N6O3/c28-17-4-5-18(21(29)12-17)20-15-38-34-23(20)25(37)32-22-6-11-35(13-16-2-3-16)14-19(22)24(36)33-27(7-8-27)26-30-9-1-10-31-26/h1,4-5,9-10,12,15-16,19,22H,2-3,6-8,11,13-14H2,(H,32,37)(H,33,36)/t19-,22-/m0/s1. The molecule has 3 fully saturated rings. The Morgan fingerprint density at radius 1 is 1.11 bits per heavy atom. The van der Waals surface area contributed by atoms with E-state index in [4.69, 9.17) is 4.52 Å². The summed E-state index contributed by atoms with van der Waals surface area (Å²) in [5.41, 5.74) is -0.577. The molecule has 2 N–H and O–H groups in total. The molecule has 9 nitrogen and oxygen atoms in total. The normalized spacial score (nSPS) is 22.6. The number of carbonyl (C=O) groups is 2. The number of rotatable bonds is 8. The van der Waals surface area contributed by atoms with Gasteiger partial charge in [0.25, 0.3) is 5.91 Å². The first-order chi connectivity index (χ1) is 18.4. The summed E-state index contributed by atoms with van der Waals surface area (Å²) in [6, 6.07) is 4.35. The zero-order chi connectivity index (χ0) is 26.3. The number of halogens is 2. The molecule has 0 unspecified atom stereocenters. The van der Waals surface area contributed by atoms with E-state index in [0.717, 1.165) is 44.3 Å². The molecule has 3 heterocycles. The fraction of sp³-hybridized carbons (Fsp3) is 0.444. The number of piperidine rings is 1. The number of benzene rings is 1. The maximum atomic E-state index is 14.4. The highest BCUT2D eigenvalue weighted by Crippen LogP contribution is 2.44. The second-order valence-electron chi connectivity index (χ2n) is 10.5. The minimum absolute atomic E-state index is 0.00452. The van der Waals surface area contributed by atoms with Crippen molar-refractivity contribution >= 4 is 11.8 Å². The van der Waals surface area contributed by atoms with Gasteiger partial charge in [0.15, 0.2) is 11.5 Å². The van der Waals surface area contributed by atoms with E-state index in [-0.39, 0.29) is 22.7 Å². The van der Waals surface area contributed by atoms with Crippen molar-refractivity contribution < 1.29 is 22.9 Å². The van der Waals surface area contributed by atoms with E-state index in [0.29, 0.717) is 24.7 Å². The van der Waals surface area contributed by atoms with Gasteiger partial charge in [0.2, 0.25) is 5.91 Å². The third-order valence-corrected chi connectivity index (χ3v) is 7.68. The molecule has 0 bridgehead atoms. The maximum Gasteiger partial charge on any atom is 0.274 e. The Hall–Kier alpha value is -3.73. The van der Waals surface area contributed by atoms with Gasteiger partial charge in [-0.3, -0.25) is 9.59 Å². The van der Waals surface area contributed by atoms with Crippen LogP contribution >= 0.6 is 0 Å². The highest BCUT2D eigenvalue weighted by molar-refractivity contribution is 5.99. The predicted molar refractivity (Wildman–Crippen MR) is 131 cm³/mol. The monoisotopic (exact) mass is 522 g/mol. The van der Waals surface area contributed by atoms with Crippen LogP contribution in [0.3, 0.4) is 0 Å². The maximum absolute atomic E-state index is 14.4. The van der Waals surface area contributed by atoms with Crippen molar-refractivity contribution in [2.45, 2.75) is 43.7 Å². The van der Waals surface area contributed by atoms with Gasteiger partial charge in [-0.2, -0.15) is 0 Å². The van der Waals surface area contributed by atoms with Crippen LogP contribution in [0.1, 0.15) is 48.4 Å². The van der Waals surface area contributed by atoms with Crippen LogP contribution in [0, 0.1) is 23.5 Å². The van der Waals surface area contributed by atoms with Gasteiger partial charge in [0.1, 0.15) is 17.9 Å². The largest absolute Gasteiger partial charge is 0.363 e.